The molecule has 0 saturated heterocycles. The number of aromatic nitrogens is 3. The third-order valence-corrected chi connectivity index (χ3v) is 7.89. The Morgan fingerprint density at radius 2 is 1.27 bits per heavy atom. The summed E-state index contributed by atoms with van der Waals surface area (Å²) in [5.41, 5.74) is 0.649. The summed E-state index contributed by atoms with van der Waals surface area (Å²) in [5.74, 6) is 2.56. The van der Waals surface area contributed by atoms with E-state index in [1.807, 2.05) is 18.2 Å². The van der Waals surface area contributed by atoms with Gasteiger partial charge in [-0.3, -0.25) is 4.79 Å². The normalized spacial score (nSPS) is 20.0. The second-order valence-electron chi connectivity index (χ2n) is 11.4. The van der Waals surface area contributed by atoms with E-state index in [1.54, 1.807) is 12.1 Å². The first-order valence-electron chi connectivity index (χ1n) is 15.7. The topological polar surface area (TPSA) is 122 Å². The van der Waals surface area contributed by atoms with Gasteiger partial charge >= 0.3 is 0 Å². The van der Waals surface area contributed by atoms with Crippen LogP contribution in [0.1, 0.15) is 87.9 Å². The Labute approximate surface area is 245 Å². The van der Waals surface area contributed by atoms with Crippen LogP contribution in [0.15, 0.2) is 30.3 Å². The van der Waals surface area contributed by atoms with Crippen molar-refractivity contribution in [3.8, 4) is 0 Å². The fourth-order valence-electron chi connectivity index (χ4n) is 5.44. The van der Waals surface area contributed by atoms with Crippen LogP contribution in [0.4, 0.5) is 17.8 Å². The third kappa shape index (κ3) is 11.8. The van der Waals surface area contributed by atoms with Crippen LogP contribution in [-0.4, -0.2) is 72.5 Å². The molecule has 2 saturated carbocycles. The summed E-state index contributed by atoms with van der Waals surface area (Å²) in [5, 5.41) is 13.4. The van der Waals surface area contributed by atoms with E-state index in [-0.39, 0.29) is 5.91 Å². The molecule has 0 aliphatic heterocycles. The summed E-state index contributed by atoms with van der Waals surface area (Å²) in [4.78, 5) is 26.2. The van der Waals surface area contributed by atoms with Gasteiger partial charge in [-0.15, -0.1) is 0 Å². The Kier molecular flexibility index (Phi) is 13.4. The second kappa shape index (κ2) is 17.7. The van der Waals surface area contributed by atoms with Crippen LogP contribution in [0, 0.1) is 5.92 Å². The number of rotatable bonds is 15. The first-order valence-corrected chi connectivity index (χ1v) is 15.7. The van der Waals surface area contributed by atoms with Gasteiger partial charge in [-0.05, 0) is 56.6 Å². The molecular formula is C31H49N7O3. The van der Waals surface area contributed by atoms with Crippen LogP contribution in [-0.2, 0) is 9.47 Å². The quantitative estimate of drug-likeness (QED) is 0.213. The SMILES string of the molecule is CC1CCC(Nc2nc(NCCOCCOCCNC(=O)c3ccccc3)nc(NC3CCCCCCC3)n2)CC1. The zero-order chi connectivity index (χ0) is 28.5. The van der Waals surface area contributed by atoms with Crippen LogP contribution < -0.4 is 21.3 Å². The van der Waals surface area contributed by atoms with E-state index in [0.717, 1.165) is 31.6 Å². The number of nitrogens with zero attached hydrogens (tertiary/aromatic N) is 3. The van der Waals surface area contributed by atoms with E-state index >= 15 is 0 Å². The molecule has 0 atom stereocenters. The predicted octanol–water partition coefficient (Wildman–Crippen LogP) is 5.26. The smallest absolute Gasteiger partial charge is 0.251 e. The lowest BCUT2D eigenvalue weighted by molar-refractivity contribution is 0.0519. The van der Waals surface area contributed by atoms with Gasteiger partial charge in [0.2, 0.25) is 17.8 Å². The molecule has 1 heterocycles. The highest BCUT2D eigenvalue weighted by Gasteiger charge is 2.20. The second-order valence-corrected chi connectivity index (χ2v) is 11.4. The van der Waals surface area contributed by atoms with E-state index < -0.39 is 0 Å². The van der Waals surface area contributed by atoms with Crippen molar-refractivity contribution in [1.82, 2.24) is 20.3 Å². The lowest BCUT2D eigenvalue weighted by atomic mass is 9.87. The van der Waals surface area contributed by atoms with E-state index in [2.05, 4.69) is 33.2 Å². The average Bonchev–Trinajstić information content (AvgIpc) is 2.97. The maximum atomic E-state index is 12.0. The number of ether oxygens (including phenoxy) is 2. The summed E-state index contributed by atoms with van der Waals surface area (Å²) in [6.45, 7) is 5.27. The Morgan fingerprint density at radius 3 is 1.93 bits per heavy atom. The first kappa shape index (κ1) is 31.0. The molecule has 1 aromatic carbocycles. The summed E-state index contributed by atoms with van der Waals surface area (Å²) in [6, 6.07) is 9.98. The number of benzene rings is 1. The standard InChI is InChI=1S/C31H49N7O3/c1-24-14-16-27(17-15-24)35-31-37-29(36-30(38-31)34-26-12-8-3-2-4-9-13-26)33-19-21-41-23-22-40-20-18-32-28(39)25-10-6-5-7-11-25/h5-7,10-11,24,26-27H,2-4,8-9,12-23H2,1H3,(H,32,39)(H3,33,34,35,36,37,38). The first-order chi connectivity index (χ1) is 20.2. The maximum absolute atomic E-state index is 12.0. The van der Waals surface area contributed by atoms with Crippen molar-refractivity contribution in [3.05, 3.63) is 35.9 Å². The molecular weight excluding hydrogens is 518 g/mol. The van der Waals surface area contributed by atoms with Crippen molar-refractivity contribution in [2.45, 2.75) is 89.6 Å². The Hall–Kier alpha value is -2.98. The van der Waals surface area contributed by atoms with E-state index in [4.69, 9.17) is 19.4 Å². The van der Waals surface area contributed by atoms with Crippen LogP contribution in [0.3, 0.4) is 0 Å². The summed E-state index contributed by atoms with van der Waals surface area (Å²) in [6.07, 6.45) is 13.6. The summed E-state index contributed by atoms with van der Waals surface area (Å²) in [7, 11) is 0. The van der Waals surface area contributed by atoms with Gasteiger partial charge in [-0.25, -0.2) is 0 Å². The van der Waals surface area contributed by atoms with Gasteiger partial charge in [0, 0.05) is 30.7 Å². The van der Waals surface area contributed by atoms with Crippen LogP contribution in [0.25, 0.3) is 0 Å². The van der Waals surface area contributed by atoms with E-state index in [9.17, 15) is 4.79 Å². The van der Waals surface area contributed by atoms with Crippen molar-refractivity contribution in [2.75, 3.05) is 55.5 Å². The lowest BCUT2D eigenvalue weighted by Gasteiger charge is -2.27. The Bertz CT molecular complexity index is 1010. The molecule has 0 spiro atoms. The number of carbonyl (C=O) groups is 1. The molecule has 1 aromatic heterocycles. The molecule has 0 unspecified atom stereocenters. The molecule has 4 rings (SSSR count). The Balaban J connectivity index is 1.17. The molecule has 0 radical (unpaired) electrons. The number of hydrogen-bond acceptors (Lipinski definition) is 9. The molecule has 226 valence electrons. The van der Waals surface area contributed by atoms with E-state index in [0.29, 0.717) is 75.0 Å². The maximum Gasteiger partial charge on any atom is 0.251 e. The van der Waals surface area contributed by atoms with Gasteiger partial charge in [-0.1, -0.05) is 57.2 Å². The highest BCUT2D eigenvalue weighted by Crippen LogP contribution is 2.26. The lowest BCUT2D eigenvalue weighted by Crippen LogP contribution is -2.28. The number of amides is 1. The minimum atomic E-state index is -0.0930. The Morgan fingerprint density at radius 1 is 0.707 bits per heavy atom. The summed E-state index contributed by atoms with van der Waals surface area (Å²) < 4.78 is 11.3. The third-order valence-electron chi connectivity index (χ3n) is 7.89. The molecule has 2 aliphatic rings. The average molecular weight is 568 g/mol. The molecule has 2 aromatic rings. The fraction of sp³-hybridized carbons (Fsp3) is 0.677. The molecule has 10 heteroatoms. The van der Waals surface area contributed by atoms with Gasteiger partial charge < -0.3 is 30.7 Å². The molecule has 2 aliphatic carbocycles. The summed E-state index contributed by atoms with van der Waals surface area (Å²) >= 11 is 0. The molecule has 10 nitrogen and oxygen atoms in total. The van der Waals surface area contributed by atoms with Gasteiger partial charge in [0.05, 0.1) is 26.4 Å². The van der Waals surface area contributed by atoms with Crippen molar-refractivity contribution in [1.29, 1.82) is 0 Å². The monoisotopic (exact) mass is 567 g/mol. The number of hydrogen-bond donors (Lipinski definition) is 4. The minimum Gasteiger partial charge on any atom is -0.377 e. The van der Waals surface area contributed by atoms with Gasteiger partial charge in [0.15, 0.2) is 0 Å². The van der Waals surface area contributed by atoms with Gasteiger partial charge in [0.25, 0.3) is 5.91 Å². The van der Waals surface area contributed by atoms with Crippen LogP contribution in [0.5, 0.6) is 0 Å². The largest absolute Gasteiger partial charge is 0.377 e. The van der Waals surface area contributed by atoms with Crippen LogP contribution in [0.2, 0.25) is 0 Å². The predicted molar refractivity (Wildman–Crippen MR) is 164 cm³/mol. The highest BCUT2D eigenvalue weighted by molar-refractivity contribution is 5.94. The fourth-order valence-corrected chi connectivity index (χ4v) is 5.44. The van der Waals surface area contributed by atoms with Crippen molar-refractivity contribution < 1.29 is 14.3 Å². The minimum absolute atomic E-state index is 0.0930. The van der Waals surface area contributed by atoms with Crippen molar-refractivity contribution >= 4 is 23.8 Å². The number of nitrogens with one attached hydrogen (secondary N) is 4. The molecule has 4 N–H and O–H groups in total. The molecule has 41 heavy (non-hydrogen) atoms. The molecule has 2 fully saturated rings. The van der Waals surface area contributed by atoms with Crippen molar-refractivity contribution in [3.63, 3.8) is 0 Å². The highest BCUT2D eigenvalue weighted by atomic mass is 16.5. The van der Waals surface area contributed by atoms with Gasteiger partial charge in [-0.2, -0.15) is 15.0 Å². The van der Waals surface area contributed by atoms with Crippen LogP contribution >= 0.6 is 0 Å². The molecule has 0 bridgehead atoms. The zero-order valence-electron chi connectivity index (χ0n) is 24.7. The van der Waals surface area contributed by atoms with Gasteiger partial charge in [0.1, 0.15) is 0 Å². The van der Waals surface area contributed by atoms with E-state index in [1.165, 1.54) is 44.9 Å². The molecule has 1 amide bonds. The van der Waals surface area contributed by atoms with Crippen molar-refractivity contribution in [2.24, 2.45) is 5.92 Å². The number of carbonyl (C=O) groups excluding carboxylic acids is 1. The zero-order valence-corrected chi connectivity index (χ0v) is 24.7. The number of anilines is 3.